The summed E-state index contributed by atoms with van der Waals surface area (Å²) in [5, 5.41) is 20.8. The lowest BCUT2D eigenvalue weighted by molar-refractivity contribution is -0.0794. The summed E-state index contributed by atoms with van der Waals surface area (Å²) in [6.07, 6.45) is 17.2. The smallest absolute Gasteiger partial charge is 0.0543 e. The summed E-state index contributed by atoms with van der Waals surface area (Å²) < 4.78 is 0. The van der Waals surface area contributed by atoms with Crippen LogP contribution in [0.1, 0.15) is 78.6 Å². The Morgan fingerprint density at radius 2 is 2.00 bits per heavy atom. The number of hydrogen-bond acceptors (Lipinski definition) is 2. The molecule has 0 aromatic rings. The minimum atomic E-state index is -0.162. The molecule has 0 aromatic carbocycles. The number of hydrogen-bond donors (Lipinski definition) is 2. The molecular weight excluding hydrogens is 356 g/mol. The van der Waals surface area contributed by atoms with Gasteiger partial charge in [0.05, 0.1) is 6.10 Å². The molecule has 162 valence electrons. The minimum absolute atomic E-state index is 0.0353. The molecule has 0 spiro atoms. The summed E-state index contributed by atoms with van der Waals surface area (Å²) >= 11 is 0. The van der Waals surface area contributed by atoms with Crippen LogP contribution in [0.5, 0.6) is 0 Å². The van der Waals surface area contributed by atoms with Crippen molar-refractivity contribution < 1.29 is 10.2 Å². The Morgan fingerprint density at radius 3 is 2.72 bits per heavy atom. The van der Waals surface area contributed by atoms with Gasteiger partial charge in [0.25, 0.3) is 0 Å². The second kappa shape index (κ2) is 8.00. The van der Waals surface area contributed by atoms with Crippen LogP contribution in [0.4, 0.5) is 0 Å². The van der Waals surface area contributed by atoms with Crippen LogP contribution in [0.15, 0.2) is 36.0 Å². The molecule has 0 heterocycles. The number of allylic oxidation sites excluding steroid dienone is 5. The summed E-state index contributed by atoms with van der Waals surface area (Å²) in [5.74, 6) is 2.92. The fourth-order valence-electron chi connectivity index (χ4n) is 7.58. The summed E-state index contributed by atoms with van der Waals surface area (Å²) in [6, 6.07) is 0. The van der Waals surface area contributed by atoms with E-state index in [1.807, 2.05) is 0 Å². The first-order chi connectivity index (χ1) is 13.8. The van der Waals surface area contributed by atoms with E-state index in [-0.39, 0.29) is 11.5 Å². The molecule has 4 aliphatic carbocycles. The molecule has 4 aliphatic rings. The van der Waals surface area contributed by atoms with Crippen molar-refractivity contribution in [2.75, 3.05) is 6.61 Å². The van der Waals surface area contributed by atoms with Gasteiger partial charge >= 0.3 is 0 Å². The minimum Gasteiger partial charge on any atom is -0.396 e. The Balaban J connectivity index is 1.54. The first-order valence-corrected chi connectivity index (χ1v) is 12.1. The van der Waals surface area contributed by atoms with Crippen molar-refractivity contribution in [3.63, 3.8) is 0 Å². The maximum Gasteiger partial charge on any atom is 0.0543 e. The van der Waals surface area contributed by atoms with Gasteiger partial charge in [-0.05, 0) is 92.8 Å². The fraction of sp³-hybridized carbons (Fsp3) is 0.778. The summed E-state index contributed by atoms with van der Waals surface area (Å²) in [4.78, 5) is 0. The molecule has 0 bridgehead atoms. The molecular formula is C27H42O2. The number of fused-ring (bicyclic) bond motifs is 5. The lowest BCUT2D eigenvalue weighted by Crippen LogP contribution is -2.52. The van der Waals surface area contributed by atoms with Gasteiger partial charge in [0.2, 0.25) is 0 Å². The van der Waals surface area contributed by atoms with Crippen LogP contribution in [0.3, 0.4) is 0 Å². The lowest BCUT2D eigenvalue weighted by atomic mass is 9.47. The topological polar surface area (TPSA) is 40.5 Å². The average molecular weight is 399 g/mol. The molecule has 2 nitrogen and oxygen atoms in total. The summed E-state index contributed by atoms with van der Waals surface area (Å²) in [7, 11) is 0. The highest BCUT2D eigenvalue weighted by Crippen LogP contribution is 2.66. The Morgan fingerprint density at radius 1 is 1.21 bits per heavy atom. The second-order valence-corrected chi connectivity index (χ2v) is 11.2. The van der Waals surface area contributed by atoms with Crippen molar-refractivity contribution in [2.24, 2.45) is 40.4 Å². The van der Waals surface area contributed by atoms with Gasteiger partial charge in [-0.1, -0.05) is 56.7 Å². The van der Waals surface area contributed by atoms with Crippen molar-refractivity contribution in [1.82, 2.24) is 0 Å². The van der Waals surface area contributed by atoms with E-state index >= 15 is 0 Å². The highest BCUT2D eigenvalue weighted by molar-refractivity contribution is 5.29. The first-order valence-electron chi connectivity index (χ1n) is 12.1. The van der Waals surface area contributed by atoms with Crippen molar-refractivity contribution in [3.05, 3.63) is 36.0 Å². The van der Waals surface area contributed by atoms with Crippen LogP contribution in [0.2, 0.25) is 0 Å². The zero-order chi connectivity index (χ0) is 20.8. The van der Waals surface area contributed by atoms with E-state index in [4.69, 9.17) is 0 Å². The third-order valence-corrected chi connectivity index (χ3v) is 9.69. The summed E-state index contributed by atoms with van der Waals surface area (Å²) in [6.45, 7) is 11.5. The van der Waals surface area contributed by atoms with E-state index in [1.54, 1.807) is 5.57 Å². The molecule has 3 saturated carbocycles. The van der Waals surface area contributed by atoms with Crippen molar-refractivity contribution >= 4 is 0 Å². The van der Waals surface area contributed by atoms with Crippen LogP contribution in [0, 0.1) is 40.4 Å². The fourth-order valence-corrected chi connectivity index (χ4v) is 7.58. The molecule has 4 rings (SSSR count). The Hall–Kier alpha value is -0.860. The van der Waals surface area contributed by atoms with E-state index in [0.29, 0.717) is 41.6 Å². The highest BCUT2D eigenvalue weighted by Gasteiger charge is 2.58. The molecule has 3 fully saturated rings. The predicted molar refractivity (Wildman–Crippen MR) is 120 cm³/mol. The Kier molecular flexibility index (Phi) is 5.90. The largest absolute Gasteiger partial charge is 0.396 e. The highest BCUT2D eigenvalue weighted by atomic mass is 16.3. The Bertz CT molecular complexity index is 689. The lowest BCUT2D eigenvalue weighted by Gasteiger charge is -2.58. The van der Waals surface area contributed by atoms with Gasteiger partial charge in [0, 0.05) is 12.0 Å². The number of rotatable bonds is 5. The van der Waals surface area contributed by atoms with E-state index < -0.39 is 0 Å². The molecule has 2 heteroatoms. The Labute approximate surface area is 178 Å². The van der Waals surface area contributed by atoms with Gasteiger partial charge in [-0.2, -0.15) is 0 Å². The molecule has 7 atom stereocenters. The van der Waals surface area contributed by atoms with Crippen LogP contribution in [0.25, 0.3) is 0 Å². The van der Waals surface area contributed by atoms with Crippen LogP contribution >= 0.6 is 0 Å². The maximum atomic E-state index is 10.5. The van der Waals surface area contributed by atoms with Crippen molar-refractivity contribution in [2.45, 2.75) is 84.7 Å². The molecule has 29 heavy (non-hydrogen) atoms. The SMILES string of the molecule is C=C(CC=CC1CCC2C3=CCC4CC(O)CCC4(CO)C3CCC12C)C(C)C. The van der Waals surface area contributed by atoms with Gasteiger partial charge in [0.1, 0.15) is 0 Å². The zero-order valence-corrected chi connectivity index (χ0v) is 18.9. The predicted octanol–water partition coefficient (Wildman–Crippen LogP) is 6.06. The average Bonchev–Trinajstić information content (AvgIpc) is 3.04. The third-order valence-electron chi connectivity index (χ3n) is 9.69. The van der Waals surface area contributed by atoms with E-state index in [1.165, 1.54) is 31.3 Å². The van der Waals surface area contributed by atoms with Crippen LogP contribution in [-0.2, 0) is 0 Å². The normalized spacial score (nSPS) is 44.3. The van der Waals surface area contributed by atoms with E-state index in [2.05, 4.69) is 45.6 Å². The maximum absolute atomic E-state index is 10.5. The molecule has 0 aliphatic heterocycles. The standard InChI is InChI=1S/C27H42O2/c1-18(2)19(3)6-5-7-20-9-11-24-23-10-8-21-16-22(29)12-15-27(21,17-28)25(23)13-14-26(20,24)4/h5,7,10,18,20-22,24-25,28-29H,3,6,8-9,11-17H2,1-2,4H3. The molecule has 0 aromatic heterocycles. The third kappa shape index (κ3) is 3.49. The van der Waals surface area contributed by atoms with Gasteiger partial charge in [0.15, 0.2) is 0 Å². The molecule has 0 radical (unpaired) electrons. The molecule has 0 saturated heterocycles. The van der Waals surface area contributed by atoms with Gasteiger partial charge in [-0.25, -0.2) is 0 Å². The van der Waals surface area contributed by atoms with Crippen LogP contribution in [-0.4, -0.2) is 22.9 Å². The zero-order valence-electron chi connectivity index (χ0n) is 18.9. The van der Waals surface area contributed by atoms with Gasteiger partial charge in [-0.15, -0.1) is 0 Å². The van der Waals surface area contributed by atoms with Gasteiger partial charge < -0.3 is 10.2 Å². The van der Waals surface area contributed by atoms with Crippen molar-refractivity contribution in [3.8, 4) is 0 Å². The summed E-state index contributed by atoms with van der Waals surface area (Å²) in [5.41, 5.74) is 3.42. The monoisotopic (exact) mass is 398 g/mol. The van der Waals surface area contributed by atoms with Gasteiger partial charge in [-0.3, -0.25) is 0 Å². The van der Waals surface area contributed by atoms with Crippen LogP contribution < -0.4 is 0 Å². The second-order valence-electron chi connectivity index (χ2n) is 11.2. The molecule has 0 amide bonds. The van der Waals surface area contributed by atoms with E-state index in [9.17, 15) is 10.2 Å². The van der Waals surface area contributed by atoms with E-state index in [0.717, 1.165) is 32.1 Å². The quantitative estimate of drug-likeness (QED) is 0.553. The first kappa shape index (κ1) is 21.4. The van der Waals surface area contributed by atoms with Crippen molar-refractivity contribution in [1.29, 1.82) is 0 Å². The number of aliphatic hydroxyl groups excluding tert-OH is 2. The number of aliphatic hydroxyl groups is 2. The molecule has 2 N–H and O–H groups in total. The molecule has 7 unspecified atom stereocenters.